The maximum absolute atomic E-state index is 13.5. The molecule has 0 heterocycles. The number of benzene rings is 4. The Balaban J connectivity index is 1.54. The van der Waals surface area contributed by atoms with E-state index in [1.807, 2.05) is 0 Å². The predicted molar refractivity (Wildman–Crippen MR) is 188 cm³/mol. The molecular formula is C39H48O3Si2. The molecule has 0 N–H and O–H groups in total. The van der Waals surface area contributed by atoms with Crippen LogP contribution in [0.1, 0.15) is 54.4 Å². The third kappa shape index (κ3) is 7.75. The van der Waals surface area contributed by atoms with E-state index in [-0.39, 0.29) is 34.9 Å². The number of ketones is 1. The van der Waals surface area contributed by atoms with Gasteiger partial charge in [-0.25, -0.2) is 0 Å². The molecule has 1 saturated carbocycles. The first-order valence-corrected chi connectivity index (χ1v) is 19.3. The van der Waals surface area contributed by atoms with Gasteiger partial charge in [-0.15, -0.1) is 0 Å². The summed E-state index contributed by atoms with van der Waals surface area (Å²) in [6, 6.07) is 42.8. The lowest BCUT2D eigenvalue weighted by Gasteiger charge is -2.45. The molecule has 1 aliphatic carbocycles. The minimum atomic E-state index is -2.06. The summed E-state index contributed by atoms with van der Waals surface area (Å²) in [5.74, 6) is 0.455. The number of carbonyl (C=O) groups excluding carboxylic acids is 1. The Kier molecular flexibility index (Phi) is 10.2. The van der Waals surface area contributed by atoms with Crippen LogP contribution >= 0.6 is 0 Å². The zero-order valence-corrected chi connectivity index (χ0v) is 29.5. The fraction of sp³-hybridized carbons (Fsp3) is 0.359. The van der Waals surface area contributed by atoms with Crippen LogP contribution < -0.4 is 20.7 Å². The summed E-state index contributed by atoms with van der Waals surface area (Å²) >= 11 is 0. The van der Waals surface area contributed by atoms with Crippen LogP contribution in [-0.4, -0.2) is 36.1 Å². The monoisotopic (exact) mass is 620 g/mol. The Bertz CT molecular complexity index is 1270. The Morgan fingerprint density at radius 3 is 0.977 bits per heavy atom. The third-order valence-corrected chi connectivity index (χ3v) is 14.0. The van der Waals surface area contributed by atoms with Crippen molar-refractivity contribution in [3.8, 4) is 0 Å². The quantitative estimate of drug-likeness (QED) is 0.219. The van der Waals surface area contributed by atoms with E-state index in [2.05, 4.69) is 163 Å². The van der Waals surface area contributed by atoms with Crippen molar-refractivity contribution in [1.29, 1.82) is 0 Å². The smallest absolute Gasteiger partial charge is 0.240 e. The first-order chi connectivity index (χ1) is 21.0. The van der Waals surface area contributed by atoms with Gasteiger partial charge in [0.15, 0.2) is 0 Å². The summed E-state index contributed by atoms with van der Waals surface area (Å²) in [4.78, 5) is 13.5. The van der Waals surface area contributed by atoms with Gasteiger partial charge < -0.3 is 8.85 Å². The molecule has 4 aromatic rings. The first kappa shape index (κ1) is 32.3. The molecular weight excluding hydrogens is 573 g/mol. The second-order valence-electron chi connectivity index (χ2n) is 14.5. The molecule has 0 spiro atoms. The first-order valence-electron chi connectivity index (χ1n) is 16.0. The Labute approximate surface area is 268 Å². The second kappa shape index (κ2) is 13.9. The summed E-state index contributed by atoms with van der Waals surface area (Å²) in [6.45, 7) is 13.7. The van der Waals surface area contributed by atoms with Crippen LogP contribution in [0.25, 0.3) is 0 Å². The lowest BCUT2D eigenvalue weighted by Crippen LogP contribution is -2.55. The van der Waals surface area contributed by atoms with E-state index in [4.69, 9.17) is 8.85 Å². The summed E-state index contributed by atoms with van der Waals surface area (Å²) in [7, 11) is -4.11. The van der Waals surface area contributed by atoms with E-state index in [9.17, 15) is 4.79 Å². The molecule has 1 aliphatic rings. The van der Waals surface area contributed by atoms with Crippen molar-refractivity contribution >= 4 is 44.6 Å². The average Bonchev–Trinajstić information content (AvgIpc) is 3.38. The number of hydrogen-bond acceptors (Lipinski definition) is 3. The van der Waals surface area contributed by atoms with Gasteiger partial charge in [0.1, 0.15) is 5.78 Å². The highest BCUT2D eigenvalue weighted by molar-refractivity contribution is 6.80. The summed E-state index contributed by atoms with van der Waals surface area (Å²) in [5, 5.41) is 5.05. The van der Waals surface area contributed by atoms with Crippen molar-refractivity contribution < 1.29 is 13.6 Å². The van der Waals surface area contributed by atoms with Gasteiger partial charge in [-0.05, 0) is 43.4 Å². The topological polar surface area (TPSA) is 35.5 Å². The molecule has 0 aliphatic heterocycles. The van der Waals surface area contributed by atoms with Crippen molar-refractivity contribution in [3.05, 3.63) is 121 Å². The Hall–Kier alpha value is -3.10. The number of carbonyl (C=O) groups is 1. The van der Waals surface area contributed by atoms with Gasteiger partial charge in [-0.3, -0.25) is 4.79 Å². The van der Waals surface area contributed by atoms with Crippen molar-refractivity contribution in [2.24, 2.45) is 22.7 Å². The molecule has 5 heteroatoms. The normalized spacial score (nSPS) is 19.0. The number of Topliss-reactive ketones (excluding diaryl/α,β-unsaturated/α-hetero) is 1. The highest BCUT2D eigenvalue weighted by Gasteiger charge is 2.50. The molecule has 0 aromatic heterocycles. The summed E-state index contributed by atoms with van der Waals surface area (Å²) < 4.78 is 14.9. The molecule has 0 bridgehead atoms. The van der Waals surface area contributed by atoms with Gasteiger partial charge in [-0.1, -0.05) is 163 Å². The molecule has 0 amide bonds. The molecule has 0 radical (unpaired) electrons. The molecule has 2 unspecified atom stereocenters. The van der Waals surface area contributed by atoms with Gasteiger partial charge >= 0.3 is 0 Å². The van der Waals surface area contributed by atoms with Crippen LogP contribution in [0.5, 0.6) is 0 Å². The maximum Gasteiger partial charge on any atom is 0.240 e. The van der Waals surface area contributed by atoms with Gasteiger partial charge in [0.05, 0.1) is 12.2 Å². The van der Waals surface area contributed by atoms with E-state index in [0.29, 0.717) is 18.6 Å². The van der Waals surface area contributed by atoms with E-state index in [1.54, 1.807) is 0 Å². The molecule has 44 heavy (non-hydrogen) atoms. The minimum absolute atomic E-state index is 0.0651. The molecule has 4 aromatic carbocycles. The fourth-order valence-corrected chi connectivity index (χ4v) is 12.5. The van der Waals surface area contributed by atoms with Crippen LogP contribution in [0.3, 0.4) is 0 Å². The summed E-state index contributed by atoms with van der Waals surface area (Å²) in [6.07, 6.45) is 0.878. The molecule has 5 rings (SSSR count). The van der Waals surface area contributed by atoms with Crippen molar-refractivity contribution in [2.75, 3.05) is 0 Å². The van der Waals surface area contributed by atoms with E-state index >= 15 is 0 Å². The van der Waals surface area contributed by atoms with Crippen molar-refractivity contribution in [1.82, 2.24) is 0 Å². The third-order valence-electron chi connectivity index (χ3n) is 8.94. The molecule has 1 fully saturated rings. The standard InChI is InChI=1S/C39H48O3Si2/c1-38(2,3)36(41-43(30-19-11-7-12-20-30)31-21-13-8-14-22-31)34-27-29(40)28-35(34)37(39(4,5)6)42-44(32-23-15-9-16-24-32)33-25-17-10-18-26-33/h7-26,34-37,43-44H,27-28H2,1-6H3/t34-,35-,36?,37?/m0/s1. The van der Waals surface area contributed by atoms with Crippen LogP contribution in [0, 0.1) is 22.7 Å². The summed E-state index contributed by atoms with van der Waals surface area (Å²) in [5.41, 5.74) is -0.332. The predicted octanol–water partition coefficient (Wildman–Crippen LogP) is 5.52. The molecule has 0 saturated heterocycles. The van der Waals surface area contributed by atoms with Crippen LogP contribution in [-0.2, 0) is 13.6 Å². The SMILES string of the molecule is CC(C)(C)C(O[SiH](c1ccccc1)c1ccccc1)[C@H]1CC(=O)C[C@@H]1C(O[SiH](c1ccccc1)c1ccccc1)C(C)(C)C. The lowest BCUT2D eigenvalue weighted by molar-refractivity contribution is -0.118. The fourth-order valence-electron chi connectivity index (χ4n) is 6.97. The second-order valence-corrected chi connectivity index (χ2v) is 19.3. The highest BCUT2D eigenvalue weighted by atomic mass is 28.3. The van der Waals surface area contributed by atoms with E-state index < -0.39 is 18.1 Å². The molecule has 3 nitrogen and oxygen atoms in total. The Morgan fingerprint density at radius 1 is 0.500 bits per heavy atom. The average molecular weight is 621 g/mol. The van der Waals surface area contributed by atoms with Crippen LogP contribution in [0.2, 0.25) is 0 Å². The van der Waals surface area contributed by atoms with Crippen molar-refractivity contribution in [2.45, 2.75) is 66.6 Å². The highest BCUT2D eigenvalue weighted by Crippen LogP contribution is 2.46. The van der Waals surface area contributed by atoms with E-state index in [0.717, 1.165) is 0 Å². The zero-order chi connectivity index (χ0) is 31.3. The lowest BCUT2D eigenvalue weighted by atomic mass is 9.71. The van der Waals surface area contributed by atoms with Crippen LogP contribution in [0.15, 0.2) is 121 Å². The largest absolute Gasteiger partial charge is 0.407 e. The number of rotatable bonds is 10. The molecule has 230 valence electrons. The zero-order valence-electron chi connectivity index (χ0n) is 27.2. The van der Waals surface area contributed by atoms with Gasteiger partial charge in [0.25, 0.3) is 0 Å². The minimum Gasteiger partial charge on any atom is -0.407 e. The molecule has 4 atom stereocenters. The van der Waals surface area contributed by atoms with E-state index in [1.165, 1.54) is 20.7 Å². The maximum atomic E-state index is 13.5. The van der Waals surface area contributed by atoms with Gasteiger partial charge in [-0.2, -0.15) is 0 Å². The Morgan fingerprint density at radius 2 is 0.750 bits per heavy atom. The van der Waals surface area contributed by atoms with Crippen molar-refractivity contribution in [3.63, 3.8) is 0 Å². The van der Waals surface area contributed by atoms with Gasteiger partial charge in [0.2, 0.25) is 18.1 Å². The van der Waals surface area contributed by atoms with Crippen LogP contribution in [0.4, 0.5) is 0 Å². The number of hydrogen-bond donors (Lipinski definition) is 0. The van der Waals surface area contributed by atoms with Gasteiger partial charge in [0, 0.05) is 12.8 Å².